The van der Waals surface area contributed by atoms with Gasteiger partial charge in [-0.25, -0.2) is 19.9 Å². The molecule has 264 valence electrons. The fraction of sp³-hybridized carbons (Fsp3) is 0.0392. The van der Waals surface area contributed by atoms with Gasteiger partial charge >= 0.3 is 0 Å². The minimum atomic E-state index is 0.630. The first-order valence-corrected chi connectivity index (χ1v) is 19.0. The summed E-state index contributed by atoms with van der Waals surface area (Å²) in [5.74, 6) is 1.91. The van der Waals surface area contributed by atoms with Gasteiger partial charge in [0.1, 0.15) is 0 Å². The van der Waals surface area contributed by atoms with Gasteiger partial charge in [-0.1, -0.05) is 170 Å². The molecule has 1 aliphatic rings. The molecule has 0 bridgehead atoms. The molecule has 0 atom stereocenters. The molecule has 0 N–H and O–H groups in total. The zero-order valence-electron chi connectivity index (χ0n) is 30.5. The van der Waals surface area contributed by atoms with Gasteiger partial charge in [0, 0.05) is 39.2 Å². The van der Waals surface area contributed by atoms with Crippen LogP contribution in [0.25, 0.3) is 95.1 Å². The molecule has 5 heteroatoms. The van der Waals surface area contributed by atoms with Crippen LogP contribution >= 0.6 is 0 Å². The highest BCUT2D eigenvalue weighted by atomic mass is 15.0. The molecule has 3 aromatic heterocycles. The Morgan fingerprint density at radius 1 is 0.339 bits per heavy atom. The van der Waals surface area contributed by atoms with E-state index in [-0.39, 0.29) is 0 Å². The molecule has 1 aliphatic carbocycles. The maximum atomic E-state index is 5.04. The Hall–Kier alpha value is -7.37. The van der Waals surface area contributed by atoms with E-state index in [9.17, 15) is 0 Å². The quantitative estimate of drug-likeness (QED) is 0.154. The number of hydrogen-bond donors (Lipinski definition) is 0. The average molecular weight is 718 g/mol. The molecule has 0 saturated carbocycles. The monoisotopic (exact) mass is 717 g/mol. The van der Waals surface area contributed by atoms with Crippen LogP contribution in [0.4, 0.5) is 0 Å². The van der Waals surface area contributed by atoms with Crippen LogP contribution in [0, 0.1) is 0 Å². The molecular formula is C51H35N5. The number of nitrogens with zero attached hydrogens (tertiary/aromatic N) is 5. The van der Waals surface area contributed by atoms with Crippen molar-refractivity contribution in [1.29, 1.82) is 0 Å². The highest BCUT2D eigenvalue weighted by molar-refractivity contribution is 6.03. The molecule has 5 nitrogen and oxygen atoms in total. The predicted octanol–water partition coefficient (Wildman–Crippen LogP) is 12.7. The van der Waals surface area contributed by atoms with Crippen molar-refractivity contribution in [2.24, 2.45) is 0 Å². The molecule has 0 radical (unpaired) electrons. The maximum Gasteiger partial charge on any atom is 0.164 e. The van der Waals surface area contributed by atoms with Gasteiger partial charge in [0.15, 0.2) is 17.5 Å². The summed E-state index contributed by atoms with van der Waals surface area (Å²) in [7, 11) is 0. The minimum absolute atomic E-state index is 0.630. The van der Waals surface area contributed by atoms with Gasteiger partial charge in [0.2, 0.25) is 0 Å². The smallest absolute Gasteiger partial charge is 0.164 e. The minimum Gasteiger partial charge on any atom is -0.254 e. The van der Waals surface area contributed by atoms with E-state index in [0.717, 1.165) is 79.3 Å². The van der Waals surface area contributed by atoms with Crippen LogP contribution < -0.4 is 0 Å². The van der Waals surface area contributed by atoms with Crippen molar-refractivity contribution in [2.45, 2.75) is 12.8 Å². The number of allylic oxidation sites excluding steroid dienone is 4. The summed E-state index contributed by atoms with van der Waals surface area (Å²) in [6.45, 7) is 0. The highest BCUT2D eigenvalue weighted by Crippen LogP contribution is 2.32. The van der Waals surface area contributed by atoms with Gasteiger partial charge in [-0.15, -0.1) is 0 Å². The SMILES string of the molecule is C1=CC(c2ccc(-c3nc(-c4ccc(-c5ccccc5)cc4)nc(-c4ccc(-c5ccc(-c6ccc7ccc8cccnc8c7n6)cc5)cc4)n3)cc2)=CCC1. The second-order valence-corrected chi connectivity index (χ2v) is 14.0. The van der Waals surface area contributed by atoms with Crippen molar-refractivity contribution in [3.63, 3.8) is 0 Å². The van der Waals surface area contributed by atoms with E-state index in [0.29, 0.717) is 17.5 Å². The summed E-state index contributed by atoms with van der Waals surface area (Å²) in [5.41, 5.74) is 13.6. The molecule has 0 amide bonds. The molecule has 9 aromatic rings. The molecule has 0 fully saturated rings. The summed E-state index contributed by atoms with van der Waals surface area (Å²) >= 11 is 0. The lowest BCUT2D eigenvalue weighted by Crippen LogP contribution is -2.00. The molecule has 6 aromatic carbocycles. The molecule has 0 saturated heterocycles. The van der Waals surface area contributed by atoms with E-state index in [4.69, 9.17) is 19.9 Å². The fourth-order valence-electron chi connectivity index (χ4n) is 7.37. The number of benzene rings is 6. The Morgan fingerprint density at radius 2 is 0.821 bits per heavy atom. The third kappa shape index (κ3) is 6.56. The zero-order valence-corrected chi connectivity index (χ0v) is 30.5. The highest BCUT2D eigenvalue weighted by Gasteiger charge is 2.14. The van der Waals surface area contributed by atoms with Crippen molar-refractivity contribution in [3.8, 4) is 67.7 Å². The largest absolute Gasteiger partial charge is 0.254 e. The van der Waals surface area contributed by atoms with E-state index in [1.54, 1.807) is 0 Å². The van der Waals surface area contributed by atoms with E-state index in [1.807, 2.05) is 18.3 Å². The van der Waals surface area contributed by atoms with Crippen molar-refractivity contribution in [3.05, 3.63) is 194 Å². The number of rotatable bonds is 7. The lowest BCUT2D eigenvalue weighted by Gasteiger charge is -2.11. The third-order valence-corrected chi connectivity index (χ3v) is 10.4. The molecular weight excluding hydrogens is 683 g/mol. The van der Waals surface area contributed by atoms with Crippen LogP contribution in [0.5, 0.6) is 0 Å². The van der Waals surface area contributed by atoms with Crippen LogP contribution in [0.1, 0.15) is 18.4 Å². The maximum absolute atomic E-state index is 5.04. The Morgan fingerprint density at radius 3 is 1.38 bits per heavy atom. The third-order valence-electron chi connectivity index (χ3n) is 10.4. The molecule has 0 unspecified atom stereocenters. The van der Waals surface area contributed by atoms with Crippen LogP contribution in [-0.4, -0.2) is 24.9 Å². The second-order valence-electron chi connectivity index (χ2n) is 14.0. The van der Waals surface area contributed by atoms with Crippen LogP contribution in [0.3, 0.4) is 0 Å². The first-order chi connectivity index (χ1) is 27.7. The zero-order chi connectivity index (χ0) is 37.3. The normalized spacial score (nSPS) is 12.5. The summed E-state index contributed by atoms with van der Waals surface area (Å²) in [6, 6.07) is 56.8. The topological polar surface area (TPSA) is 64.5 Å². The van der Waals surface area contributed by atoms with Crippen molar-refractivity contribution < 1.29 is 0 Å². The Labute approximate surface area is 325 Å². The van der Waals surface area contributed by atoms with Gasteiger partial charge in [0.05, 0.1) is 16.7 Å². The first kappa shape index (κ1) is 33.2. The molecule has 0 aliphatic heterocycles. The molecule has 0 spiro atoms. The van der Waals surface area contributed by atoms with E-state index in [2.05, 4.69) is 175 Å². The van der Waals surface area contributed by atoms with Crippen molar-refractivity contribution in [1.82, 2.24) is 24.9 Å². The molecule has 3 heterocycles. The molecule has 56 heavy (non-hydrogen) atoms. The lowest BCUT2D eigenvalue weighted by atomic mass is 9.98. The summed E-state index contributed by atoms with van der Waals surface area (Å²) in [6.07, 6.45) is 10.7. The van der Waals surface area contributed by atoms with Crippen molar-refractivity contribution in [2.75, 3.05) is 0 Å². The van der Waals surface area contributed by atoms with Gasteiger partial charge in [-0.3, -0.25) is 4.98 Å². The second kappa shape index (κ2) is 14.5. The van der Waals surface area contributed by atoms with E-state index in [1.165, 1.54) is 16.7 Å². The Balaban J connectivity index is 0.965. The van der Waals surface area contributed by atoms with Crippen LogP contribution in [0.2, 0.25) is 0 Å². The van der Waals surface area contributed by atoms with Crippen molar-refractivity contribution >= 4 is 27.4 Å². The number of pyridine rings is 2. The van der Waals surface area contributed by atoms with E-state index < -0.39 is 0 Å². The Kier molecular flexibility index (Phi) is 8.58. The fourth-order valence-corrected chi connectivity index (χ4v) is 7.37. The van der Waals surface area contributed by atoms with Gasteiger partial charge < -0.3 is 0 Å². The predicted molar refractivity (Wildman–Crippen MR) is 229 cm³/mol. The summed E-state index contributed by atoms with van der Waals surface area (Å²) in [4.78, 5) is 24.7. The average Bonchev–Trinajstić information content (AvgIpc) is 3.29. The van der Waals surface area contributed by atoms with Crippen LogP contribution in [-0.2, 0) is 0 Å². The van der Waals surface area contributed by atoms with Gasteiger partial charge in [0.25, 0.3) is 0 Å². The molecule has 10 rings (SSSR count). The van der Waals surface area contributed by atoms with Gasteiger partial charge in [-0.05, 0) is 58.4 Å². The number of hydrogen-bond acceptors (Lipinski definition) is 5. The number of fused-ring (bicyclic) bond motifs is 3. The lowest BCUT2D eigenvalue weighted by molar-refractivity contribution is 1.04. The van der Waals surface area contributed by atoms with Gasteiger partial charge in [-0.2, -0.15) is 0 Å². The Bertz CT molecular complexity index is 2910. The summed E-state index contributed by atoms with van der Waals surface area (Å²) < 4.78 is 0. The van der Waals surface area contributed by atoms with E-state index >= 15 is 0 Å². The van der Waals surface area contributed by atoms with Crippen LogP contribution in [0.15, 0.2) is 188 Å². The number of aromatic nitrogens is 5. The standard InChI is InChI=1S/C51H35N5/c1-3-8-34(9-4-1)36-15-25-43(26-16-36)49-54-50(44-27-17-37(18-28-44)35-10-5-2-6-11-35)56-51(55-49)45-29-19-39(20-30-45)38-13-21-40(22-14-38)46-32-31-42-24-23-41-12-7-33-52-47(41)48(42)53-46/h1,3-5,7-33H,2,6H2. The first-order valence-electron chi connectivity index (χ1n) is 19.0. The summed E-state index contributed by atoms with van der Waals surface area (Å²) in [5, 5.41) is 2.17.